The number of alkyl halides is 3. The SMILES string of the molecule is CNC(C1CCCC(C)C1)C1CCCC(C(F)(F)F)C1. The van der Waals surface area contributed by atoms with Crippen molar-refractivity contribution >= 4 is 0 Å². The van der Waals surface area contributed by atoms with Crippen LogP contribution in [0.25, 0.3) is 0 Å². The molecule has 0 aromatic heterocycles. The van der Waals surface area contributed by atoms with E-state index in [-0.39, 0.29) is 12.0 Å². The molecule has 20 heavy (non-hydrogen) atoms. The monoisotopic (exact) mass is 291 g/mol. The molecular formula is C16H28F3N. The second-order valence-electron chi connectivity index (χ2n) is 7.01. The fourth-order valence-electron chi connectivity index (χ4n) is 4.51. The molecule has 0 aromatic carbocycles. The van der Waals surface area contributed by atoms with Crippen molar-refractivity contribution in [1.82, 2.24) is 5.32 Å². The Morgan fingerprint density at radius 3 is 2.10 bits per heavy atom. The van der Waals surface area contributed by atoms with E-state index in [9.17, 15) is 13.2 Å². The maximum absolute atomic E-state index is 13.0. The van der Waals surface area contributed by atoms with E-state index in [1.54, 1.807) is 0 Å². The summed E-state index contributed by atoms with van der Waals surface area (Å²) in [6.45, 7) is 2.28. The number of nitrogens with one attached hydrogen (secondary N) is 1. The van der Waals surface area contributed by atoms with Crippen LogP contribution in [0.1, 0.15) is 58.3 Å². The summed E-state index contributed by atoms with van der Waals surface area (Å²) in [6.07, 6.45) is 3.23. The third-order valence-electron chi connectivity index (χ3n) is 5.50. The Morgan fingerprint density at radius 2 is 1.55 bits per heavy atom. The first-order valence-corrected chi connectivity index (χ1v) is 8.15. The van der Waals surface area contributed by atoms with Crippen LogP contribution < -0.4 is 5.32 Å². The predicted octanol–water partition coefficient (Wildman–Crippen LogP) is 4.77. The summed E-state index contributed by atoms with van der Waals surface area (Å²) < 4.78 is 38.9. The van der Waals surface area contributed by atoms with Crippen molar-refractivity contribution < 1.29 is 13.2 Å². The first-order valence-electron chi connectivity index (χ1n) is 8.15. The van der Waals surface area contributed by atoms with Gasteiger partial charge in [-0.3, -0.25) is 0 Å². The predicted molar refractivity (Wildman–Crippen MR) is 75.5 cm³/mol. The zero-order valence-corrected chi connectivity index (χ0v) is 12.7. The summed E-state index contributed by atoms with van der Waals surface area (Å²) >= 11 is 0. The average Bonchev–Trinajstić information content (AvgIpc) is 2.39. The summed E-state index contributed by atoms with van der Waals surface area (Å²) in [5.74, 6) is 0.432. The maximum Gasteiger partial charge on any atom is 0.391 e. The van der Waals surface area contributed by atoms with E-state index in [1.807, 2.05) is 7.05 Å². The maximum atomic E-state index is 13.0. The second kappa shape index (κ2) is 6.67. The third-order valence-corrected chi connectivity index (χ3v) is 5.50. The number of halogens is 3. The Kier molecular flexibility index (Phi) is 5.38. The molecule has 0 radical (unpaired) electrons. The van der Waals surface area contributed by atoms with Crippen LogP contribution in [0.15, 0.2) is 0 Å². The molecule has 0 amide bonds. The van der Waals surface area contributed by atoms with Crippen molar-refractivity contribution in [3.8, 4) is 0 Å². The molecule has 2 aliphatic carbocycles. The smallest absolute Gasteiger partial charge is 0.316 e. The molecule has 2 fully saturated rings. The van der Waals surface area contributed by atoms with Crippen molar-refractivity contribution in [1.29, 1.82) is 0 Å². The molecule has 0 aliphatic heterocycles. The van der Waals surface area contributed by atoms with E-state index < -0.39 is 12.1 Å². The minimum absolute atomic E-state index is 0.204. The molecule has 5 atom stereocenters. The van der Waals surface area contributed by atoms with Crippen molar-refractivity contribution in [3.05, 3.63) is 0 Å². The van der Waals surface area contributed by atoms with Crippen LogP contribution in [0.2, 0.25) is 0 Å². The molecule has 0 heterocycles. The lowest BCUT2D eigenvalue weighted by Gasteiger charge is -2.41. The van der Waals surface area contributed by atoms with Gasteiger partial charge in [-0.25, -0.2) is 0 Å². The van der Waals surface area contributed by atoms with E-state index in [2.05, 4.69) is 12.2 Å². The van der Waals surface area contributed by atoms with Gasteiger partial charge in [-0.1, -0.05) is 26.2 Å². The van der Waals surface area contributed by atoms with Crippen LogP contribution in [0.4, 0.5) is 13.2 Å². The van der Waals surface area contributed by atoms with Crippen molar-refractivity contribution in [2.45, 2.75) is 70.5 Å². The second-order valence-corrected chi connectivity index (χ2v) is 7.01. The van der Waals surface area contributed by atoms with Gasteiger partial charge in [0.05, 0.1) is 5.92 Å². The van der Waals surface area contributed by atoms with Crippen LogP contribution in [-0.4, -0.2) is 19.3 Å². The Bertz CT molecular complexity index is 303. The van der Waals surface area contributed by atoms with Gasteiger partial charge in [0.15, 0.2) is 0 Å². The Balaban J connectivity index is 1.99. The Labute approximate surface area is 120 Å². The highest BCUT2D eigenvalue weighted by Crippen LogP contribution is 2.43. The number of hydrogen-bond acceptors (Lipinski definition) is 1. The fourth-order valence-corrected chi connectivity index (χ4v) is 4.51. The van der Waals surface area contributed by atoms with E-state index in [4.69, 9.17) is 0 Å². The van der Waals surface area contributed by atoms with Crippen molar-refractivity contribution in [3.63, 3.8) is 0 Å². The summed E-state index contributed by atoms with van der Waals surface area (Å²) in [6, 6.07) is 0.280. The summed E-state index contributed by atoms with van der Waals surface area (Å²) in [5.41, 5.74) is 0. The summed E-state index contributed by atoms with van der Waals surface area (Å²) in [4.78, 5) is 0. The third kappa shape index (κ3) is 3.90. The van der Waals surface area contributed by atoms with Crippen molar-refractivity contribution in [2.24, 2.45) is 23.7 Å². The van der Waals surface area contributed by atoms with Gasteiger partial charge >= 0.3 is 6.18 Å². The van der Waals surface area contributed by atoms with E-state index in [0.29, 0.717) is 18.8 Å². The first-order chi connectivity index (χ1) is 9.41. The van der Waals surface area contributed by atoms with Gasteiger partial charge < -0.3 is 5.32 Å². The highest BCUT2D eigenvalue weighted by molar-refractivity contribution is 4.90. The molecule has 1 nitrogen and oxygen atoms in total. The standard InChI is InChI=1S/C16H28F3N/c1-11-5-3-6-12(9-11)15(20-2)13-7-4-8-14(10-13)16(17,18)19/h11-15,20H,3-10H2,1-2H3. The Hall–Kier alpha value is -0.250. The number of hydrogen-bond donors (Lipinski definition) is 1. The van der Waals surface area contributed by atoms with E-state index in [0.717, 1.165) is 18.8 Å². The Morgan fingerprint density at radius 1 is 0.950 bits per heavy atom. The summed E-state index contributed by atoms with van der Waals surface area (Å²) in [5, 5.41) is 3.37. The van der Waals surface area contributed by atoms with Gasteiger partial charge in [-0.2, -0.15) is 13.2 Å². The molecule has 2 aliphatic rings. The normalized spacial score (nSPS) is 37.6. The van der Waals surface area contributed by atoms with Gasteiger partial charge in [0.25, 0.3) is 0 Å². The van der Waals surface area contributed by atoms with Gasteiger partial charge in [-0.05, 0) is 56.9 Å². The van der Waals surface area contributed by atoms with Crippen LogP contribution in [0.5, 0.6) is 0 Å². The van der Waals surface area contributed by atoms with Crippen LogP contribution >= 0.6 is 0 Å². The quantitative estimate of drug-likeness (QED) is 0.790. The molecule has 5 unspecified atom stereocenters. The van der Waals surface area contributed by atoms with Crippen molar-refractivity contribution in [2.75, 3.05) is 7.05 Å². The molecular weight excluding hydrogens is 263 g/mol. The average molecular weight is 291 g/mol. The molecule has 1 N–H and O–H groups in total. The lowest BCUT2D eigenvalue weighted by atomic mass is 9.69. The van der Waals surface area contributed by atoms with Gasteiger partial charge in [-0.15, -0.1) is 0 Å². The molecule has 2 rings (SSSR count). The molecule has 0 aromatic rings. The summed E-state index contributed by atoms with van der Waals surface area (Å²) in [7, 11) is 1.93. The van der Waals surface area contributed by atoms with Crippen LogP contribution in [0.3, 0.4) is 0 Å². The highest BCUT2D eigenvalue weighted by atomic mass is 19.4. The topological polar surface area (TPSA) is 12.0 Å². The highest BCUT2D eigenvalue weighted by Gasteiger charge is 2.44. The first kappa shape index (κ1) is 16.1. The molecule has 118 valence electrons. The van der Waals surface area contributed by atoms with E-state index >= 15 is 0 Å². The van der Waals surface area contributed by atoms with E-state index in [1.165, 1.54) is 25.7 Å². The van der Waals surface area contributed by atoms with Crippen LogP contribution in [-0.2, 0) is 0 Å². The lowest BCUT2D eigenvalue weighted by molar-refractivity contribution is -0.187. The van der Waals surface area contributed by atoms with Gasteiger partial charge in [0.1, 0.15) is 0 Å². The van der Waals surface area contributed by atoms with Crippen LogP contribution in [0, 0.1) is 23.7 Å². The molecule has 0 saturated heterocycles. The fraction of sp³-hybridized carbons (Fsp3) is 1.00. The molecule has 0 spiro atoms. The zero-order valence-electron chi connectivity index (χ0n) is 12.7. The lowest BCUT2D eigenvalue weighted by Crippen LogP contribution is -2.45. The molecule has 4 heteroatoms. The minimum atomic E-state index is -4.00. The minimum Gasteiger partial charge on any atom is -0.316 e. The molecule has 2 saturated carbocycles. The van der Waals surface area contributed by atoms with Gasteiger partial charge in [0.2, 0.25) is 0 Å². The van der Waals surface area contributed by atoms with Gasteiger partial charge in [0, 0.05) is 6.04 Å². The zero-order chi connectivity index (χ0) is 14.8. The largest absolute Gasteiger partial charge is 0.391 e. The number of rotatable bonds is 3. The molecule has 0 bridgehead atoms.